The third-order valence-corrected chi connectivity index (χ3v) is 9.46. The number of fused-ring (bicyclic) bond motifs is 1. The van der Waals surface area contributed by atoms with Crippen LogP contribution in [0.5, 0.6) is 0 Å². The molecule has 2 saturated heterocycles. The van der Waals surface area contributed by atoms with Crippen LogP contribution < -0.4 is 4.90 Å². The number of nitrogens with zero attached hydrogens (tertiary/aromatic N) is 3. The predicted molar refractivity (Wildman–Crippen MR) is 140 cm³/mol. The summed E-state index contributed by atoms with van der Waals surface area (Å²) in [4.78, 5) is 18.0. The first-order chi connectivity index (χ1) is 16.8. The monoisotopic (exact) mass is 491 g/mol. The number of anilines is 1. The Morgan fingerprint density at radius 2 is 1.60 bits per heavy atom. The molecule has 3 aromatic carbocycles. The molecule has 5 rings (SSSR count). The lowest BCUT2D eigenvalue weighted by molar-refractivity contribution is -0.137. The highest BCUT2D eigenvalue weighted by Crippen LogP contribution is 2.28. The lowest BCUT2D eigenvalue weighted by Gasteiger charge is -2.40. The fourth-order valence-electron chi connectivity index (χ4n) is 5.34. The summed E-state index contributed by atoms with van der Waals surface area (Å²) in [5.74, 6) is -0.199. The summed E-state index contributed by atoms with van der Waals surface area (Å²) < 4.78 is 28.4. The van der Waals surface area contributed by atoms with E-state index < -0.39 is 10.0 Å². The summed E-state index contributed by atoms with van der Waals surface area (Å²) in [6.07, 6.45) is 1.44. The van der Waals surface area contributed by atoms with Crippen LogP contribution in [-0.2, 0) is 14.8 Å². The van der Waals surface area contributed by atoms with Crippen LogP contribution in [0.3, 0.4) is 0 Å². The number of amides is 1. The molecule has 0 saturated carbocycles. The molecule has 0 spiro atoms. The van der Waals surface area contributed by atoms with Crippen LogP contribution in [0.25, 0.3) is 10.8 Å². The summed E-state index contributed by atoms with van der Waals surface area (Å²) >= 11 is 0. The molecular weight excluding hydrogens is 458 g/mol. The average Bonchev–Trinajstić information content (AvgIpc) is 2.90. The van der Waals surface area contributed by atoms with Crippen molar-refractivity contribution >= 4 is 32.4 Å². The largest absolute Gasteiger partial charge is 0.368 e. The molecule has 0 bridgehead atoms. The molecule has 2 aliphatic rings. The molecule has 7 heteroatoms. The molecule has 35 heavy (non-hydrogen) atoms. The Morgan fingerprint density at radius 1 is 0.857 bits per heavy atom. The summed E-state index contributed by atoms with van der Waals surface area (Å²) in [6.45, 7) is 7.91. The molecule has 0 aliphatic carbocycles. The molecule has 0 N–H and O–H groups in total. The molecule has 0 unspecified atom stereocenters. The van der Waals surface area contributed by atoms with E-state index in [1.54, 1.807) is 12.1 Å². The van der Waals surface area contributed by atoms with E-state index in [0.29, 0.717) is 31.0 Å². The van der Waals surface area contributed by atoms with Gasteiger partial charge in [0, 0.05) is 45.0 Å². The van der Waals surface area contributed by atoms with Crippen molar-refractivity contribution in [3.8, 4) is 0 Å². The van der Waals surface area contributed by atoms with E-state index >= 15 is 0 Å². The number of aryl methyl sites for hydroxylation is 1. The second kappa shape index (κ2) is 9.63. The minimum atomic E-state index is -3.65. The fraction of sp³-hybridized carbons (Fsp3) is 0.393. The quantitative estimate of drug-likeness (QED) is 0.549. The zero-order valence-electron chi connectivity index (χ0n) is 20.5. The van der Waals surface area contributed by atoms with Gasteiger partial charge >= 0.3 is 0 Å². The minimum absolute atomic E-state index is 0.0871. The highest BCUT2D eigenvalue weighted by molar-refractivity contribution is 7.89. The third kappa shape index (κ3) is 4.67. The second-order valence-corrected chi connectivity index (χ2v) is 11.7. The van der Waals surface area contributed by atoms with Crippen LogP contribution in [0.1, 0.15) is 24.0 Å². The molecule has 3 aromatic rings. The normalized spacial score (nSPS) is 19.8. The zero-order chi connectivity index (χ0) is 24.6. The molecular formula is C28H33N3O3S. The minimum Gasteiger partial charge on any atom is -0.368 e. The molecule has 2 heterocycles. The highest BCUT2D eigenvalue weighted by Gasteiger charge is 2.36. The van der Waals surface area contributed by atoms with E-state index in [2.05, 4.69) is 36.9 Å². The standard InChI is InChI=1S/C28H33N3O3S/c1-21-7-5-11-27(22(21)2)29-15-17-30(18-16-29)28(32)25-10-6-14-31(20-25)35(33,34)26-13-12-23-8-3-4-9-24(23)19-26/h3-5,7-9,11-13,19,25H,6,10,14-18,20H2,1-2H3/t25-/m0/s1. The van der Waals surface area contributed by atoms with Crippen LogP contribution in [-0.4, -0.2) is 62.8 Å². The van der Waals surface area contributed by atoms with Crippen LogP contribution in [0.4, 0.5) is 5.69 Å². The predicted octanol–water partition coefficient (Wildman–Crippen LogP) is 4.21. The Hall–Kier alpha value is -2.90. The Balaban J connectivity index is 1.25. The second-order valence-electron chi connectivity index (χ2n) is 9.74. The van der Waals surface area contributed by atoms with Gasteiger partial charge in [0.25, 0.3) is 0 Å². The van der Waals surface area contributed by atoms with Crippen LogP contribution in [0.2, 0.25) is 0 Å². The van der Waals surface area contributed by atoms with E-state index in [-0.39, 0.29) is 18.4 Å². The van der Waals surface area contributed by atoms with Gasteiger partial charge in [-0.2, -0.15) is 4.31 Å². The first kappa shape index (κ1) is 23.8. The van der Waals surface area contributed by atoms with E-state index in [9.17, 15) is 13.2 Å². The van der Waals surface area contributed by atoms with Crippen molar-refractivity contribution in [2.75, 3.05) is 44.2 Å². The zero-order valence-corrected chi connectivity index (χ0v) is 21.3. The molecule has 6 nitrogen and oxygen atoms in total. The SMILES string of the molecule is Cc1cccc(N2CCN(C(=O)[C@H]3CCCN(S(=O)(=O)c4ccc5ccccc5c4)C3)CC2)c1C. The van der Waals surface area contributed by atoms with Crippen molar-refractivity contribution in [3.63, 3.8) is 0 Å². The van der Waals surface area contributed by atoms with Crippen molar-refractivity contribution in [2.24, 2.45) is 5.92 Å². The van der Waals surface area contributed by atoms with Gasteiger partial charge in [0.05, 0.1) is 10.8 Å². The van der Waals surface area contributed by atoms with Crippen molar-refractivity contribution in [3.05, 3.63) is 71.8 Å². The maximum atomic E-state index is 13.4. The third-order valence-electron chi connectivity index (χ3n) is 7.60. The molecule has 2 aliphatic heterocycles. The number of hydrogen-bond acceptors (Lipinski definition) is 4. The maximum Gasteiger partial charge on any atom is 0.243 e. The van der Waals surface area contributed by atoms with Gasteiger partial charge in [0.2, 0.25) is 15.9 Å². The highest BCUT2D eigenvalue weighted by atomic mass is 32.2. The van der Waals surface area contributed by atoms with Crippen LogP contribution in [0.15, 0.2) is 65.6 Å². The van der Waals surface area contributed by atoms with Crippen molar-refractivity contribution in [2.45, 2.75) is 31.6 Å². The number of hydrogen-bond donors (Lipinski definition) is 0. The molecule has 0 aromatic heterocycles. The fourth-order valence-corrected chi connectivity index (χ4v) is 6.90. The Kier molecular flexibility index (Phi) is 6.55. The van der Waals surface area contributed by atoms with E-state index in [1.165, 1.54) is 21.1 Å². The van der Waals surface area contributed by atoms with Gasteiger partial charge in [0.1, 0.15) is 0 Å². The van der Waals surface area contributed by atoms with E-state index in [1.807, 2.05) is 35.2 Å². The number of benzene rings is 3. The van der Waals surface area contributed by atoms with Gasteiger partial charge in [-0.3, -0.25) is 4.79 Å². The first-order valence-corrected chi connectivity index (χ1v) is 13.9. The van der Waals surface area contributed by atoms with Crippen LogP contribution >= 0.6 is 0 Å². The lowest BCUT2D eigenvalue weighted by Crippen LogP contribution is -2.53. The van der Waals surface area contributed by atoms with Gasteiger partial charge in [-0.1, -0.05) is 42.5 Å². The maximum absolute atomic E-state index is 13.4. The average molecular weight is 492 g/mol. The van der Waals surface area contributed by atoms with Gasteiger partial charge < -0.3 is 9.80 Å². The number of sulfonamides is 1. The van der Waals surface area contributed by atoms with Crippen molar-refractivity contribution < 1.29 is 13.2 Å². The number of carbonyl (C=O) groups excluding carboxylic acids is 1. The first-order valence-electron chi connectivity index (χ1n) is 12.4. The van der Waals surface area contributed by atoms with Crippen molar-refractivity contribution in [1.29, 1.82) is 0 Å². The van der Waals surface area contributed by atoms with Gasteiger partial charge in [-0.05, 0) is 66.8 Å². The van der Waals surface area contributed by atoms with Gasteiger partial charge in [-0.15, -0.1) is 0 Å². The lowest BCUT2D eigenvalue weighted by atomic mass is 9.97. The van der Waals surface area contributed by atoms with E-state index in [0.717, 1.165) is 30.3 Å². The molecule has 1 atom stereocenters. The Morgan fingerprint density at radius 3 is 2.37 bits per heavy atom. The van der Waals surface area contributed by atoms with Crippen LogP contribution in [0, 0.1) is 19.8 Å². The van der Waals surface area contributed by atoms with E-state index in [4.69, 9.17) is 0 Å². The number of piperazine rings is 1. The number of carbonyl (C=O) groups is 1. The molecule has 2 fully saturated rings. The number of piperidine rings is 1. The van der Waals surface area contributed by atoms with Gasteiger partial charge in [-0.25, -0.2) is 8.42 Å². The topological polar surface area (TPSA) is 60.9 Å². The smallest absolute Gasteiger partial charge is 0.243 e. The van der Waals surface area contributed by atoms with Crippen molar-refractivity contribution in [1.82, 2.24) is 9.21 Å². The summed E-state index contributed by atoms with van der Waals surface area (Å²) in [7, 11) is -3.65. The molecule has 1 amide bonds. The Labute approximate surface area is 208 Å². The number of rotatable bonds is 4. The molecule has 184 valence electrons. The molecule has 0 radical (unpaired) electrons. The van der Waals surface area contributed by atoms with Gasteiger partial charge in [0.15, 0.2) is 0 Å². The summed E-state index contributed by atoms with van der Waals surface area (Å²) in [5.41, 5.74) is 3.80. The summed E-state index contributed by atoms with van der Waals surface area (Å²) in [6, 6.07) is 19.4. The summed E-state index contributed by atoms with van der Waals surface area (Å²) in [5, 5.41) is 1.91. The Bertz CT molecular complexity index is 1350.